The van der Waals surface area contributed by atoms with Crippen LogP contribution in [-0.2, 0) is 0 Å². The summed E-state index contributed by atoms with van der Waals surface area (Å²) >= 11 is 0. The van der Waals surface area contributed by atoms with Crippen molar-refractivity contribution in [3.8, 4) is 5.82 Å². The third-order valence-electron chi connectivity index (χ3n) is 4.59. The summed E-state index contributed by atoms with van der Waals surface area (Å²) in [6.45, 7) is 1.03. The lowest BCUT2D eigenvalue weighted by Gasteiger charge is -2.26. The smallest absolute Gasteiger partial charge is 0.224 e. The van der Waals surface area contributed by atoms with Gasteiger partial charge in [0.05, 0.1) is 6.04 Å². The number of hydrogen-bond acceptors (Lipinski definition) is 6. The minimum atomic E-state index is 0.234. The van der Waals surface area contributed by atoms with Crippen LogP contribution in [0.5, 0.6) is 0 Å². The van der Waals surface area contributed by atoms with Crippen LogP contribution in [0.4, 0.5) is 11.8 Å². The highest BCUT2D eigenvalue weighted by molar-refractivity contribution is 5.47. The van der Waals surface area contributed by atoms with E-state index in [9.17, 15) is 0 Å². The Balaban J connectivity index is 1.61. The van der Waals surface area contributed by atoms with Gasteiger partial charge in [0, 0.05) is 31.0 Å². The molecule has 0 bridgehead atoms. The summed E-state index contributed by atoms with van der Waals surface area (Å²) in [5.41, 5.74) is 7.20. The molecule has 128 valence electrons. The molecule has 7 nitrogen and oxygen atoms in total. The van der Waals surface area contributed by atoms with E-state index in [0.717, 1.165) is 18.8 Å². The van der Waals surface area contributed by atoms with Crippen LogP contribution in [0.2, 0.25) is 0 Å². The van der Waals surface area contributed by atoms with Crippen molar-refractivity contribution >= 4 is 11.8 Å². The Bertz CT molecular complexity index is 832. The summed E-state index contributed by atoms with van der Waals surface area (Å²) < 4.78 is 1.68. The number of nitrogen functional groups attached to an aromatic ring is 1. The number of aromatic nitrogens is 4. The SMILES string of the molecule is CN1CC[C@H](Nc2cc(-n3cccn3)nc(N)n2)[C@@H]1c1ccccc1. The molecule has 1 aromatic carbocycles. The van der Waals surface area contributed by atoms with Gasteiger partial charge in [0.15, 0.2) is 5.82 Å². The molecule has 0 unspecified atom stereocenters. The van der Waals surface area contributed by atoms with Crippen LogP contribution in [-0.4, -0.2) is 44.3 Å². The lowest BCUT2D eigenvalue weighted by molar-refractivity contribution is 0.309. The van der Waals surface area contributed by atoms with Gasteiger partial charge in [-0.05, 0) is 25.1 Å². The van der Waals surface area contributed by atoms with Gasteiger partial charge in [-0.1, -0.05) is 30.3 Å². The van der Waals surface area contributed by atoms with Crippen molar-refractivity contribution in [2.75, 3.05) is 24.6 Å². The zero-order chi connectivity index (χ0) is 17.2. The van der Waals surface area contributed by atoms with Crippen molar-refractivity contribution in [2.24, 2.45) is 0 Å². The Kier molecular flexibility index (Phi) is 4.07. The molecular formula is C18H21N7. The lowest BCUT2D eigenvalue weighted by Crippen LogP contribution is -2.29. The molecule has 1 aliphatic heterocycles. The summed E-state index contributed by atoms with van der Waals surface area (Å²) in [6, 6.07) is 14.8. The Morgan fingerprint density at radius 3 is 2.76 bits per heavy atom. The highest BCUT2D eigenvalue weighted by atomic mass is 15.3. The number of nitrogens with one attached hydrogen (secondary N) is 1. The molecule has 1 aliphatic rings. The molecule has 2 atom stereocenters. The molecule has 3 N–H and O–H groups in total. The fraction of sp³-hybridized carbons (Fsp3) is 0.278. The van der Waals surface area contributed by atoms with E-state index in [4.69, 9.17) is 5.73 Å². The summed E-state index contributed by atoms with van der Waals surface area (Å²) in [7, 11) is 2.16. The summed E-state index contributed by atoms with van der Waals surface area (Å²) in [5, 5.41) is 7.76. The lowest BCUT2D eigenvalue weighted by atomic mass is 10.0. The zero-order valence-corrected chi connectivity index (χ0v) is 14.1. The highest BCUT2D eigenvalue weighted by Gasteiger charge is 2.33. The van der Waals surface area contributed by atoms with Gasteiger partial charge in [-0.3, -0.25) is 4.90 Å². The van der Waals surface area contributed by atoms with E-state index in [-0.39, 0.29) is 12.0 Å². The van der Waals surface area contributed by atoms with Crippen LogP contribution in [0, 0.1) is 0 Å². The predicted molar refractivity (Wildman–Crippen MR) is 97.4 cm³/mol. The minimum absolute atomic E-state index is 0.234. The van der Waals surface area contributed by atoms with E-state index in [1.54, 1.807) is 10.9 Å². The molecule has 7 heteroatoms. The third-order valence-corrected chi connectivity index (χ3v) is 4.59. The molecule has 3 heterocycles. The van der Waals surface area contributed by atoms with E-state index in [0.29, 0.717) is 11.9 Å². The maximum absolute atomic E-state index is 5.90. The van der Waals surface area contributed by atoms with Crippen LogP contribution < -0.4 is 11.1 Å². The number of hydrogen-bond donors (Lipinski definition) is 2. The molecule has 0 aliphatic carbocycles. The van der Waals surface area contributed by atoms with E-state index >= 15 is 0 Å². The Labute approximate surface area is 146 Å². The molecule has 1 fully saturated rings. The number of nitrogens with two attached hydrogens (primary N) is 1. The normalized spacial score (nSPS) is 20.7. The molecule has 3 aromatic rings. The maximum atomic E-state index is 5.90. The van der Waals surface area contributed by atoms with E-state index in [1.165, 1.54) is 5.56 Å². The molecule has 2 aromatic heterocycles. The van der Waals surface area contributed by atoms with Crippen LogP contribution in [0.1, 0.15) is 18.0 Å². The molecule has 4 rings (SSSR count). The van der Waals surface area contributed by atoms with Gasteiger partial charge < -0.3 is 11.1 Å². The standard InChI is InChI=1S/C18H21N7/c1-24-11-8-14(17(24)13-6-3-2-4-7-13)21-15-12-16(23-18(19)22-15)25-10-5-9-20-25/h2-7,9-10,12,14,17H,8,11H2,1H3,(H3,19,21,22,23)/t14-,17-/m0/s1. The fourth-order valence-electron chi connectivity index (χ4n) is 3.47. The second-order valence-corrected chi connectivity index (χ2v) is 6.30. The van der Waals surface area contributed by atoms with Crippen molar-refractivity contribution in [3.05, 3.63) is 60.4 Å². The topological polar surface area (TPSA) is 84.9 Å². The summed E-state index contributed by atoms with van der Waals surface area (Å²) in [5.74, 6) is 1.61. The number of likely N-dealkylation sites (tertiary alicyclic amines) is 1. The molecule has 0 spiro atoms. The number of likely N-dealkylation sites (N-methyl/N-ethyl adjacent to an activating group) is 1. The first kappa shape index (κ1) is 15.6. The van der Waals surface area contributed by atoms with Crippen LogP contribution in [0.3, 0.4) is 0 Å². The number of benzene rings is 1. The molecule has 25 heavy (non-hydrogen) atoms. The highest BCUT2D eigenvalue weighted by Crippen LogP contribution is 2.32. The van der Waals surface area contributed by atoms with E-state index in [1.807, 2.05) is 24.4 Å². The third kappa shape index (κ3) is 3.18. The fourth-order valence-corrected chi connectivity index (χ4v) is 3.47. The van der Waals surface area contributed by atoms with Gasteiger partial charge in [0.2, 0.25) is 5.95 Å². The monoisotopic (exact) mass is 335 g/mol. The zero-order valence-electron chi connectivity index (χ0n) is 14.1. The Morgan fingerprint density at radius 2 is 2.00 bits per heavy atom. The molecular weight excluding hydrogens is 314 g/mol. The average Bonchev–Trinajstić information content (AvgIpc) is 3.26. The van der Waals surface area contributed by atoms with Crippen LogP contribution >= 0.6 is 0 Å². The Hall–Kier alpha value is -2.93. The number of rotatable bonds is 4. The van der Waals surface area contributed by atoms with Gasteiger partial charge in [-0.15, -0.1) is 0 Å². The van der Waals surface area contributed by atoms with E-state index < -0.39 is 0 Å². The maximum Gasteiger partial charge on any atom is 0.224 e. The van der Waals surface area contributed by atoms with E-state index in [2.05, 4.69) is 56.6 Å². The van der Waals surface area contributed by atoms with Crippen molar-refractivity contribution in [2.45, 2.75) is 18.5 Å². The molecule has 1 saturated heterocycles. The van der Waals surface area contributed by atoms with Crippen molar-refractivity contribution < 1.29 is 0 Å². The molecule has 0 amide bonds. The predicted octanol–water partition coefficient (Wildman–Crippen LogP) is 2.10. The first-order valence-electron chi connectivity index (χ1n) is 8.37. The number of nitrogens with zero attached hydrogens (tertiary/aromatic N) is 5. The Morgan fingerprint density at radius 1 is 1.16 bits per heavy atom. The molecule has 0 saturated carbocycles. The van der Waals surface area contributed by atoms with Crippen molar-refractivity contribution in [3.63, 3.8) is 0 Å². The first-order valence-corrected chi connectivity index (χ1v) is 8.37. The number of anilines is 2. The van der Waals surface area contributed by atoms with Gasteiger partial charge in [0.25, 0.3) is 0 Å². The van der Waals surface area contributed by atoms with Crippen molar-refractivity contribution in [1.29, 1.82) is 0 Å². The van der Waals surface area contributed by atoms with Gasteiger partial charge >= 0.3 is 0 Å². The minimum Gasteiger partial charge on any atom is -0.368 e. The second kappa shape index (κ2) is 6.52. The first-order chi connectivity index (χ1) is 12.2. The quantitative estimate of drug-likeness (QED) is 0.759. The summed E-state index contributed by atoms with van der Waals surface area (Å²) in [4.78, 5) is 11.0. The van der Waals surface area contributed by atoms with Gasteiger partial charge in [0.1, 0.15) is 5.82 Å². The summed E-state index contributed by atoms with van der Waals surface area (Å²) in [6.07, 6.45) is 4.58. The van der Waals surface area contributed by atoms with Crippen molar-refractivity contribution in [1.82, 2.24) is 24.6 Å². The largest absolute Gasteiger partial charge is 0.368 e. The van der Waals surface area contributed by atoms with Crippen LogP contribution in [0.15, 0.2) is 54.9 Å². The molecule has 0 radical (unpaired) electrons. The van der Waals surface area contributed by atoms with Gasteiger partial charge in [-0.25, -0.2) is 4.68 Å². The average molecular weight is 335 g/mol. The van der Waals surface area contributed by atoms with Gasteiger partial charge in [-0.2, -0.15) is 15.1 Å². The van der Waals surface area contributed by atoms with Crippen LogP contribution in [0.25, 0.3) is 5.82 Å². The second-order valence-electron chi connectivity index (χ2n) is 6.30.